The van der Waals surface area contributed by atoms with Crippen LogP contribution in [0.15, 0.2) is 43.2 Å². The summed E-state index contributed by atoms with van der Waals surface area (Å²) < 4.78 is 39.2. The molecule has 0 fully saturated rings. The maximum absolute atomic E-state index is 12.5. The van der Waals surface area contributed by atoms with Gasteiger partial charge in [0.2, 0.25) is 5.91 Å². The van der Waals surface area contributed by atoms with Crippen LogP contribution in [0.4, 0.5) is 18.9 Å². The van der Waals surface area contributed by atoms with E-state index >= 15 is 0 Å². The number of aromatic nitrogens is 2. The molecule has 3 aromatic rings. The summed E-state index contributed by atoms with van der Waals surface area (Å²) in [5, 5.41) is 2.81. The van der Waals surface area contributed by atoms with Crippen LogP contribution in [0, 0.1) is 6.92 Å². The molecule has 0 saturated carbocycles. The van der Waals surface area contributed by atoms with Crippen molar-refractivity contribution in [1.29, 1.82) is 0 Å². The Morgan fingerprint density at radius 2 is 2.11 bits per heavy atom. The van der Waals surface area contributed by atoms with Crippen LogP contribution in [0.2, 0.25) is 0 Å². The molecule has 0 unspecified atom stereocenters. The van der Waals surface area contributed by atoms with Gasteiger partial charge in [0.05, 0.1) is 24.0 Å². The fourth-order valence-electron chi connectivity index (χ4n) is 3.00. The van der Waals surface area contributed by atoms with E-state index in [0.29, 0.717) is 16.9 Å². The molecule has 0 aliphatic rings. The van der Waals surface area contributed by atoms with E-state index in [4.69, 9.17) is 5.73 Å². The van der Waals surface area contributed by atoms with Gasteiger partial charge in [-0.15, -0.1) is 0 Å². The number of hydrogen-bond acceptors (Lipinski definition) is 3. The van der Waals surface area contributed by atoms with Crippen molar-refractivity contribution in [2.45, 2.75) is 19.5 Å². The van der Waals surface area contributed by atoms with Gasteiger partial charge < -0.3 is 11.1 Å². The third-order valence-electron chi connectivity index (χ3n) is 4.37. The molecule has 0 atom stereocenters. The number of halogens is 3. The van der Waals surface area contributed by atoms with Gasteiger partial charge >= 0.3 is 6.18 Å². The van der Waals surface area contributed by atoms with E-state index < -0.39 is 18.5 Å². The minimum absolute atomic E-state index is 0.256. The van der Waals surface area contributed by atoms with Crippen molar-refractivity contribution in [2.24, 2.45) is 5.73 Å². The fourth-order valence-corrected chi connectivity index (χ4v) is 3.00. The monoisotopic (exact) mass is 388 g/mol. The van der Waals surface area contributed by atoms with E-state index in [0.717, 1.165) is 22.4 Å². The van der Waals surface area contributed by atoms with E-state index in [1.165, 1.54) is 0 Å². The van der Waals surface area contributed by atoms with E-state index in [-0.39, 0.29) is 6.54 Å². The predicted octanol–water partition coefficient (Wildman–Crippen LogP) is 4.42. The largest absolute Gasteiger partial charge is 0.390 e. The molecule has 0 aliphatic carbocycles. The minimum atomic E-state index is -4.24. The molecular formula is C20H19F3N4O. The van der Waals surface area contributed by atoms with Crippen molar-refractivity contribution in [3.05, 3.63) is 59.9 Å². The van der Waals surface area contributed by atoms with Crippen molar-refractivity contribution < 1.29 is 18.0 Å². The molecule has 0 saturated heterocycles. The molecule has 28 heavy (non-hydrogen) atoms. The summed E-state index contributed by atoms with van der Waals surface area (Å²) in [5.41, 5.74) is 9.76. The number of nitrogens with two attached hydrogens (primary N) is 1. The predicted molar refractivity (Wildman–Crippen MR) is 103 cm³/mol. The quantitative estimate of drug-likeness (QED) is 0.657. The SMILES string of the molecule is C=Cc1cc(NCCC(F)(F)F)c2ncc(-c3ccc(C(N)=O)c(C)c3)n2c1. The number of primary amides is 1. The number of fused-ring (bicyclic) bond motifs is 1. The number of alkyl halides is 3. The third kappa shape index (κ3) is 4.00. The highest BCUT2D eigenvalue weighted by atomic mass is 19.4. The molecule has 2 heterocycles. The van der Waals surface area contributed by atoms with Gasteiger partial charge in [0, 0.05) is 23.9 Å². The highest BCUT2D eigenvalue weighted by molar-refractivity contribution is 5.95. The lowest BCUT2D eigenvalue weighted by atomic mass is 10.0. The summed E-state index contributed by atoms with van der Waals surface area (Å²) in [5.74, 6) is -0.507. The summed E-state index contributed by atoms with van der Waals surface area (Å²) in [6, 6.07) is 6.93. The molecule has 0 bridgehead atoms. The summed E-state index contributed by atoms with van der Waals surface area (Å²) in [6.45, 7) is 5.27. The van der Waals surface area contributed by atoms with Crippen molar-refractivity contribution in [2.75, 3.05) is 11.9 Å². The molecule has 3 rings (SSSR count). The second kappa shape index (κ2) is 7.38. The number of anilines is 1. The van der Waals surface area contributed by atoms with Crippen LogP contribution in [-0.4, -0.2) is 28.0 Å². The third-order valence-corrected chi connectivity index (χ3v) is 4.37. The van der Waals surface area contributed by atoms with E-state index in [2.05, 4.69) is 16.9 Å². The maximum Gasteiger partial charge on any atom is 0.390 e. The zero-order valence-corrected chi connectivity index (χ0v) is 15.2. The molecule has 0 spiro atoms. The highest BCUT2D eigenvalue weighted by Crippen LogP contribution is 2.28. The van der Waals surface area contributed by atoms with Crippen LogP contribution in [0.1, 0.15) is 27.9 Å². The summed E-state index contributed by atoms with van der Waals surface area (Å²) in [7, 11) is 0. The molecule has 1 amide bonds. The number of pyridine rings is 1. The fraction of sp³-hybridized carbons (Fsp3) is 0.200. The standard InChI is InChI=1S/C20H19F3N4O/c1-3-13-9-16(25-7-6-20(21,22)23)19-26-10-17(27(19)11-13)14-4-5-15(18(24)28)12(2)8-14/h3-5,8-11,25H,1,6-7H2,2H3,(H2,24,28). The molecular weight excluding hydrogens is 369 g/mol. The lowest BCUT2D eigenvalue weighted by Crippen LogP contribution is -2.15. The smallest absolute Gasteiger partial charge is 0.382 e. The normalized spacial score (nSPS) is 11.6. The van der Waals surface area contributed by atoms with Crippen LogP contribution < -0.4 is 11.1 Å². The number of nitrogens with zero attached hydrogens (tertiary/aromatic N) is 2. The van der Waals surface area contributed by atoms with E-state index in [1.54, 1.807) is 48.0 Å². The summed E-state index contributed by atoms with van der Waals surface area (Å²) >= 11 is 0. The Bertz CT molecular complexity index is 1050. The molecule has 146 valence electrons. The Morgan fingerprint density at radius 3 is 2.71 bits per heavy atom. The van der Waals surface area contributed by atoms with Crippen molar-refractivity contribution in [3.63, 3.8) is 0 Å². The average molecular weight is 388 g/mol. The zero-order chi connectivity index (χ0) is 20.5. The van der Waals surface area contributed by atoms with Crippen molar-refractivity contribution in [1.82, 2.24) is 9.38 Å². The molecule has 2 aromatic heterocycles. The average Bonchev–Trinajstić information content (AvgIpc) is 3.04. The van der Waals surface area contributed by atoms with Gasteiger partial charge in [-0.3, -0.25) is 9.20 Å². The lowest BCUT2D eigenvalue weighted by molar-refractivity contribution is -0.131. The van der Waals surface area contributed by atoms with Gasteiger partial charge in [-0.1, -0.05) is 18.7 Å². The molecule has 1 aromatic carbocycles. The van der Waals surface area contributed by atoms with Gasteiger partial charge in [-0.05, 0) is 36.2 Å². The first kappa shape index (κ1) is 19.5. The number of amides is 1. The topological polar surface area (TPSA) is 72.4 Å². The number of benzene rings is 1. The Labute approximate surface area is 159 Å². The number of carbonyl (C=O) groups excluding carboxylic acids is 1. The van der Waals surface area contributed by atoms with Gasteiger partial charge in [-0.2, -0.15) is 13.2 Å². The van der Waals surface area contributed by atoms with Crippen LogP contribution >= 0.6 is 0 Å². The Hall–Kier alpha value is -3.29. The van der Waals surface area contributed by atoms with Crippen LogP contribution in [0.5, 0.6) is 0 Å². The van der Waals surface area contributed by atoms with E-state index in [9.17, 15) is 18.0 Å². The maximum atomic E-state index is 12.5. The lowest BCUT2D eigenvalue weighted by Gasteiger charge is -2.12. The first-order chi connectivity index (χ1) is 13.2. The van der Waals surface area contributed by atoms with Gasteiger partial charge in [0.25, 0.3) is 0 Å². The molecule has 8 heteroatoms. The van der Waals surface area contributed by atoms with Crippen molar-refractivity contribution in [3.8, 4) is 11.3 Å². The molecule has 5 nitrogen and oxygen atoms in total. The molecule has 3 N–H and O–H groups in total. The number of rotatable bonds is 6. The number of carbonyl (C=O) groups is 1. The number of hydrogen-bond donors (Lipinski definition) is 2. The van der Waals surface area contributed by atoms with Crippen molar-refractivity contribution >= 4 is 23.3 Å². The summed E-state index contributed by atoms with van der Waals surface area (Å²) in [6.07, 6.45) is -0.134. The van der Waals surface area contributed by atoms with Gasteiger partial charge in [0.1, 0.15) is 0 Å². The van der Waals surface area contributed by atoms with Crippen LogP contribution in [0.25, 0.3) is 23.0 Å². The summed E-state index contributed by atoms with van der Waals surface area (Å²) in [4.78, 5) is 15.8. The van der Waals surface area contributed by atoms with E-state index in [1.807, 2.05) is 6.07 Å². The Morgan fingerprint density at radius 1 is 1.36 bits per heavy atom. The Kier molecular flexibility index (Phi) is 5.13. The second-order valence-corrected chi connectivity index (χ2v) is 6.41. The number of imidazole rings is 1. The Balaban J connectivity index is 2.04. The van der Waals surface area contributed by atoms with Gasteiger partial charge in [0.15, 0.2) is 5.65 Å². The van der Waals surface area contributed by atoms with Crippen LogP contribution in [-0.2, 0) is 0 Å². The van der Waals surface area contributed by atoms with Crippen LogP contribution in [0.3, 0.4) is 0 Å². The number of aryl methyl sites for hydroxylation is 1. The first-order valence-corrected chi connectivity index (χ1v) is 8.54. The zero-order valence-electron chi connectivity index (χ0n) is 15.2. The second-order valence-electron chi connectivity index (χ2n) is 6.41. The molecule has 0 radical (unpaired) electrons. The first-order valence-electron chi connectivity index (χ1n) is 8.54. The molecule has 0 aliphatic heterocycles. The number of nitrogens with one attached hydrogen (secondary N) is 1. The van der Waals surface area contributed by atoms with Gasteiger partial charge in [-0.25, -0.2) is 4.98 Å². The highest BCUT2D eigenvalue weighted by Gasteiger charge is 2.26. The minimum Gasteiger partial charge on any atom is -0.382 e.